The van der Waals surface area contributed by atoms with Crippen LogP contribution in [0.3, 0.4) is 0 Å². The predicted molar refractivity (Wildman–Crippen MR) is 104 cm³/mol. The zero-order chi connectivity index (χ0) is 19.6. The smallest absolute Gasteiger partial charge is 0.252 e. The van der Waals surface area contributed by atoms with Crippen molar-refractivity contribution in [1.29, 1.82) is 0 Å². The van der Waals surface area contributed by atoms with Crippen molar-refractivity contribution >= 4 is 11.8 Å². The summed E-state index contributed by atoms with van der Waals surface area (Å²) >= 11 is 0. The SMILES string of the molecule is CCCOc1ccc(C(=O)NC(C(N)=O)c2ccccc2)cc1OCCC. The molecule has 0 aliphatic rings. The Morgan fingerprint density at radius 3 is 2.19 bits per heavy atom. The molecule has 2 aromatic rings. The monoisotopic (exact) mass is 370 g/mol. The minimum absolute atomic E-state index is 0.368. The van der Waals surface area contributed by atoms with Crippen LogP contribution in [0.15, 0.2) is 48.5 Å². The third kappa shape index (κ3) is 5.74. The predicted octanol–water partition coefficient (Wildman–Crippen LogP) is 3.22. The second kappa shape index (κ2) is 10.2. The molecule has 0 aliphatic carbocycles. The Hall–Kier alpha value is -3.02. The molecule has 0 saturated heterocycles. The minimum atomic E-state index is -0.908. The van der Waals surface area contributed by atoms with E-state index in [-0.39, 0.29) is 0 Å². The number of rotatable bonds is 10. The zero-order valence-corrected chi connectivity index (χ0v) is 15.7. The van der Waals surface area contributed by atoms with Crippen LogP contribution in [0.2, 0.25) is 0 Å². The third-order valence-electron chi connectivity index (χ3n) is 3.82. The number of carbonyl (C=O) groups excluding carboxylic acids is 2. The van der Waals surface area contributed by atoms with Gasteiger partial charge in [0.25, 0.3) is 5.91 Å². The topological polar surface area (TPSA) is 90.6 Å². The number of hydrogen-bond donors (Lipinski definition) is 2. The lowest BCUT2D eigenvalue weighted by Crippen LogP contribution is -2.37. The van der Waals surface area contributed by atoms with Gasteiger partial charge in [0, 0.05) is 5.56 Å². The van der Waals surface area contributed by atoms with E-state index < -0.39 is 17.9 Å². The van der Waals surface area contributed by atoms with E-state index in [1.54, 1.807) is 42.5 Å². The van der Waals surface area contributed by atoms with Crippen LogP contribution in [0.5, 0.6) is 11.5 Å². The maximum absolute atomic E-state index is 12.7. The van der Waals surface area contributed by atoms with E-state index >= 15 is 0 Å². The van der Waals surface area contributed by atoms with Crippen molar-refractivity contribution in [2.24, 2.45) is 5.73 Å². The zero-order valence-electron chi connectivity index (χ0n) is 15.7. The van der Waals surface area contributed by atoms with Crippen molar-refractivity contribution in [3.8, 4) is 11.5 Å². The number of carbonyl (C=O) groups is 2. The van der Waals surface area contributed by atoms with E-state index in [1.807, 2.05) is 19.9 Å². The molecular formula is C21H26N2O4. The standard InChI is InChI=1S/C21H26N2O4/c1-3-12-26-17-11-10-16(14-18(17)27-13-4-2)21(25)23-19(20(22)24)15-8-6-5-7-9-15/h5-11,14,19H,3-4,12-13H2,1-2H3,(H2,22,24)(H,23,25). The summed E-state index contributed by atoms with van der Waals surface area (Å²) in [6, 6.07) is 13.0. The molecule has 1 atom stereocenters. The molecule has 0 bridgehead atoms. The van der Waals surface area contributed by atoms with Crippen LogP contribution in [0, 0.1) is 0 Å². The fourth-order valence-electron chi connectivity index (χ4n) is 2.48. The molecule has 0 saturated carbocycles. The summed E-state index contributed by atoms with van der Waals surface area (Å²) in [5.74, 6) is 0.0654. The normalized spacial score (nSPS) is 11.5. The molecule has 0 fully saturated rings. The highest BCUT2D eigenvalue weighted by Gasteiger charge is 2.21. The van der Waals surface area contributed by atoms with E-state index in [9.17, 15) is 9.59 Å². The fourth-order valence-corrected chi connectivity index (χ4v) is 2.48. The molecular weight excluding hydrogens is 344 g/mol. The first-order chi connectivity index (χ1) is 13.1. The maximum Gasteiger partial charge on any atom is 0.252 e. The Balaban J connectivity index is 2.22. The van der Waals surface area contributed by atoms with Crippen LogP contribution in [-0.2, 0) is 4.79 Å². The first-order valence-corrected chi connectivity index (χ1v) is 9.11. The van der Waals surface area contributed by atoms with Gasteiger partial charge in [-0.2, -0.15) is 0 Å². The van der Waals surface area contributed by atoms with Crippen molar-refractivity contribution in [2.75, 3.05) is 13.2 Å². The average molecular weight is 370 g/mol. The molecule has 2 amide bonds. The number of ether oxygens (including phenoxy) is 2. The highest BCUT2D eigenvalue weighted by atomic mass is 16.5. The van der Waals surface area contributed by atoms with Gasteiger partial charge in [-0.25, -0.2) is 0 Å². The van der Waals surface area contributed by atoms with E-state index in [4.69, 9.17) is 15.2 Å². The van der Waals surface area contributed by atoms with Crippen LogP contribution in [0.1, 0.15) is 48.7 Å². The molecule has 0 aliphatic heterocycles. The molecule has 0 aromatic heterocycles. The fraction of sp³-hybridized carbons (Fsp3) is 0.333. The van der Waals surface area contributed by atoms with Crippen LogP contribution in [0.4, 0.5) is 0 Å². The van der Waals surface area contributed by atoms with Gasteiger partial charge in [-0.05, 0) is 36.6 Å². The number of benzene rings is 2. The summed E-state index contributed by atoms with van der Waals surface area (Å²) in [7, 11) is 0. The molecule has 6 heteroatoms. The summed E-state index contributed by atoms with van der Waals surface area (Å²) in [5, 5.41) is 2.69. The number of hydrogen-bond acceptors (Lipinski definition) is 4. The van der Waals surface area contributed by atoms with Gasteiger partial charge in [0.15, 0.2) is 11.5 Å². The summed E-state index contributed by atoms with van der Waals surface area (Å²) in [6.45, 7) is 5.09. The van der Waals surface area contributed by atoms with Gasteiger partial charge in [0.1, 0.15) is 6.04 Å². The molecule has 0 radical (unpaired) electrons. The molecule has 144 valence electrons. The van der Waals surface area contributed by atoms with Crippen LogP contribution >= 0.6 is 0 Å². The third-order valence-corrected chi connectivity index (χ3v) is 3.82. The average Bonchev–Trinajstić information content (AvgIpc) is 2.69. The number of nitrogens with one attached hydrogen (secondary N) is 1. The summed E-state index contributed by atoms with van der Waals surface area (Å²) < 4.78 is 11.4. The van der Waals surface area contributed by atoms with Gasteiger partial charge in [-0.3, -0.25) is 9.59 Å². The van der Waals surface area contributed by atoms with Crippen molar-refractivity contribution in [1.82, 2.24) is 5.32 Å². The molecule has 27 heavy (non-hydrogen) atoms. The minimum Gasteiger partial charge on any atom is -0.490 e. The number of primary amides is 1. The van der Waals surface area contributed by atoms with Gasteiger partial charge >= 0.3 is 0 Å². The van der Waals surface area contributed by atoms with E-state index in [2.05, 4.69) is 5.32 Å². The number of amides is 2. The van der Waals surface area contributed by atoms with Crippen LogP contribution in [0.25, 0.3) is 0 Å². The Morgan fingerprint density at radius 2 is 1.59 bits per heavy atom. The van der Waals surface area contributed by atoms with Gasteiger partial charge < -0.3 is 20.5 Å². The largest absolute Gasteiger partial charge is 0.490 e. The van der Waals surface area contributed by atoms with E-state index in [1.165, 1.54) is 0 Å². The lowest BCUT2D eigenvalue weighted by Gasteiger charge is -2.17. The molecule has 3 N–H and O–H groups in total. The molecule has 2 rings (SSSR count). The highest BCUT2D eigenvalue weighted by molar-refractivity contribution is 5.98. The second-order valence-electron chi connectivity index (χ2n) is 6.08. The van der Waals surface area contributed by atoms with Gasteiger partial charge in [-0.1, -0.05) is 44.2 Å². The quantitative estimate of drug-likeness (QED) is 0.672. The van der Waals surface area contributed by atoms with Crippen molar-refractivity contribution in [3.63, 3.8) is 0 Å². The van der Waals surface area contributed by atoms with E-state index in [0.717, 1.165) is 12.8 Å². The lowest BCUT2D eigenvalue weighted by molar-refractivity contribution is -0.120. The highest BCUT2D eigenvalue weighted by Crippen LogP contribution is 2.29. The van der Waals surface area contributed by atoms with Gasteiger partial charge in [-0.15, -0.1) is 0 Å². The summed E-state index contributed by atoms with van der Waals surface area (Å²) in [6.07, 6.45) is 1.70. The first kappa shape index (κ1) is 20.3. The number of nitrogens with two attached hydrogens (primary N) is 1. The Labute approximate surface area is 159 Å². The van der Waals surface area contributed by atoms with E-state index in [0.29, 0.717) is 35.8 Å². The molecule has 2 aromatic carbocycles. The van der Waals surface area contributed by atoms with Gasteiger partial charge in [0.05, 0.1) is 13.2 Å². The maximum atomic E-state index is 12.7. The van der Waals surface area contributed by atoms with Crippen LogP contribution in [-0.4, -0.2) is 25.0 Å². The lowest BCUT2D eigenvalue weighted by atomic mass is 10.1. The van der Waals surface area contributed by atoms with Crippen molar-refractivity contribution < 1.29 is 19.1 Å². The Bertz CT molecular complexity index is 762. The van der Waals surface area contributed by atoms with Gasteiger partial charge in [0.2, 0.25) is 5.91 Å². The molecule has 0 spiro atoms. The molecule has 6 nitrogen and oxygen atoms in total. The Kier molecular flexibility index (Phi) is 7.67. The summed E-state index contributed by atoms with van der Waals surface area (Å²) in [5.41, 5.74) is 6.47. The first-order valence-electron chi connectivity index (χ1n) is 9.11. The molecule has 1 unspecified atom stereocenters. The second-order valence-corrected chi connectivity index (χ2v) is 6.08. The summed E-state index contributed by atoms with van der Waals surface area (Å²) in [4.78, 5) is 24.5. The van der Waals surface area contributed by atoms with Crippen molar-refractivity contribution in [2.45, 2.75) is 32.7 Å². The van der Waals surface area contributed by atoms with Crippen LogP contribution < -0.4 is 20.5 Å². The molecule has 0 heterocycles. The van der Waals surface area contributed by atoms with Crippen molar-refractivity contribution in [3.05, 3.63) is 59.7 Å². The Morgan fingerprint density at radius 1 is 0.963 bits per heavy atom.